The van der Waals surface area contributed by atoms with E-state index in [0.717, 1.165) is 19.4 Å². The Labute approximate surface area is 60.5 Å². The Hall–Kier alpha value is -0.790. The lowest BCUT2D eigenvalue weighted by Gasteiger charge is -2.38. The first kappa shape index (κ1) is 5.96. The van der Waals surface area contributed by atoms with Crippen molar-refractivity contribution in [2.45, 2.75) is 25.3 Å². The molecule has 1 fully saturated rings. The maximum atomic E-state index is 10.9. The van der Waals surface area contributed by atoms with E-state index in [1.54, 1.807) is 0 Å². The van der Waals surface area contributed by atoms with E-state index >= 15 is 0 Å². The fraction of sp³-hybridized carbons (Fsp3) is 0.625. The molecule has 1 atom stereocenters. The fourth-order valence-corrected chi connectivity index (χ4v) is 1.62. The Morgan fingerprint density at radius 3 is 3.20 bits per heavy atom. The van der Waals surface area contributed by atoms with Gasteiger partial charge in [-0.25, -0.2) is 0 Å². The van der Waals surface area contributed by atoms with Crippen LogP contribution in [0, 0.1) is 0 Å². The molecule has 0 unspecified atom stereocenters. The summed E-state index contributed by atoms with van der Waals surface area (Å²) in [4.78, 5) is 12.9. The molecule has 0 spiro atoms. The third kappa shape index (κ3) is 0.753. The molecule has 0 aromatic rings. The summed E-state index contributed by atoms with van der Waals surface area (Å²) in [5.41, 5.74) is 0. The molecule has 1 saturated heterocycles. The monoisotopic (exact) mass is 137 g/mol. The third-order valence-electron chi connectivity index (χ3n) is 2.31. The quantitative estimate of drug-likeness (QED) is 0.359. The minimum Gasteiger partial charge on any atom is -0.335 e. The van der Waals surface area contributed by atoms with E-state index < -0.39 is 0 Å². The number of rotatable bonds is 0. The average molecular weight is 137 g/mol. The van der Waals surface area contributed by atoms with Gasteiger partial charge in [0.1, 0.15) is 0 Å². The van der Waals surface area contributed by atoms with Crippen molar-refractivity contribution in [2.24, 2.45) is 0 Å². The summed E-state index contributed by atoms with van der Waals surface area (Å²) in [5, 5.41) is 0. The van der Waals surface area contributed by atoms with Crippen LogP contribution in [0.5, 0.6) is 0 Å². The number of hydrogen-bond acceptors (Lipinski definition) is 1. The van der Waals surface area contributed by atoms with Gasteiger partial charge in [0.2, 0.25) is 5.91 Å². The van der Waals surface area contributed by atoms with Crippen LogP contribution in [-0.2, 0) is 4.79 Å². The average Bonchev–Trinajstić information content (AvgIpc) is 2.09. The van der Waals surface area contributed by atoms with Gasteiger partial charge in [-0.1, -0.05) is 12.2 Å². The van der Waals surface area contributed by atoms with Gasteiger partial charge in [-0.2, -0.15) is 0 Å². The van der Waals surface area contributed by atoms with Crippen molar-refractivity contribution in [3.05, 3.63) is 12.2 Å². The summed E-state index contributed by atoms with van der Waals surface area (Å²) in [5.74, 6) is 0.330. The summed E-state index contributed by atoms with van der Waals surface area (Å²) >= 11 is 0. The summed E-state index contributed by atoms with van der Waals surface area (Å²) in [6.45, 7) is 0.851. The summed E-state index contributed by atoms with van der Waals surface area (Å²) in [6, 6.07) is 0.572. The van der Waals surface area contributed by atoms with Crippen LogP contribution in [0.25, 0.3) is 0 Å². The number of allylic oxidation sites excluding steroid dienone is 1. The summed E-state index contributed by atoms with van der Waals surface area (Å²) < 4.78 is 0. The molecule has 10 heavy (non-hydrogen) atoms. The van der Waals surface area contributed by atoms with Gasteiger partial charge in [-0.05, 0) is 12.8 Å². The van der Waals surface area contributed by atoms with E-state index in [-0.39, 0.29) is 0 Å². The smallest absolute Gasteiger partial charge is 0.225 e. The van der Waals surface area contributed by atoms with Crippen LogP contribution in [0.15, 0.2) is 12.2 Å². The van der Waals surface area contributed by atoms with Crippen molar-refractivity contribution in [2.75, 3.05) is 6.54 Å². The highest BCUT2D eigenvalue weighted by atomic mass is 16.2. The van der Waals surface area contributed by atoms with Gasteiger partial charge in [0.25, 0.3) is 0 Å². The van der Waals surface area contributed by atoms with Gasteiger partial charge in [-0.3, -0.25) is 4.79 Å². The molecular weight excluding hydrogens is 126 g/mol. The van der Waals surface area contributed by atoms with Crippen molar-refractivity contribution >= 4 is 5.91 Å². The fourth-order valence-electron chi connectivity index (χ4n) is 1.62. The lowest BCUT2D eigenvalue weighted by molar-refractivity contribution is -0.144. The molecule has 54 valence electrons. The number of β-lactam (4-membered cyclic amide) rings is 1. The molecule has 0 aromatic heterocycles. The van der Waals surface area contributed by atoms with Crippen molar-refractivity contribution in [3.8, 4) is 0 Å². The van der Waals surface area contributed by atoms with Gasteiger partial charge < -0.3 is 4.90 Å². The zero-order valence-electron chi connectivity index (χ0n) is 5.92. The summed E-state index contributed by atoms with van der Waals surface area (Å²) in [7, 11) is 0. The molecule has 2 nitrogen and oxygen atoms in total. The van der Waals surface area contributed by atoms with E-state index in [9.17, 15) is 4.79 Å². The lowest BCUT2D eigenvalue weighted by atomic mass is 9.99. The topological polar surface area (TPSA) is 20.3 Å². The highest BCUT2D eigenvalue weighted by Gasteiger charge is 2.34. The number of carbonyl (C=O) groups excluding carboxylic acids is 1. The molecule has 2 aliphatic rings. The molecule has 2 heteroatoms. The molecule has 0 aromatic carbocycles. The van der Waals surface area contributed by atoms with Gasteiger partial charge in [0.05, 0.1) is 0 Å². The number of nitrogens with zero attached hydrogens (tertiary/aromatic N) is 1. The first-order valence-electron chi connectivity index (χ1n) is 3.82. The lowest BCUT2D eigenvalue weighted by Crippen LogP contribution is -2.51. The van der Waals surface area contributed by atoms with E-state index in [1.807, 2.05) is 4.90 Å². The first-order valence-corrected chi connectivity index (χ1v) is 3.82. The van der Waals surface area contributed by atoms with Gasteiger partial charge in [-0.15, -0.1) is 0 Å². The molecule has 2 heterocycles. The maximum absolute atomic E-state index is 10.9. The number of hydrogen-bond donors (Lipinski definition) is 0. The Bertz CT molecular complexity index is 186. The largest absolute Gasteiger partial charge is 0.335 e. The zero-order chi connectivity index (χ0) is 6.97. The first-order chi connectivity index (χ1) is 4.88. The van der Waals surface area contributed by atoms with Crippen molar-refractivity contribution in [1.29, 1.82) is 0 Å². The Balaban J connectivity index is 2.06. The van der Waals surface area contributed by atoms with Crippen molar-refractivity contribution in [3.63, 3.8) is 0 Å². The Morgan fingerprint density at radius 2 is 2.40 bits per heavy atom. The van der Waals surface area contributed by atoms with Crippen LogP contribution in [0.2, 0.25) is 0 Å². The molecule has 0 saturated carbocycles. The van der Waals surface area contributed by atoms with Crippen LogP contribution in [0.1, 0.15) is 19.3 Å². The van der Waals surface area contributed by atoms with E-state index in [4.69, 9.17) is 0 Å². The molecular formula is C8H11NO. The van der Waals surface area contributed by atoms with E-state index in [2.05, 4.69) is 12.2 Å². The second kappa shape index (κ2) is 2.11. The standard InChI is InChI=1S/C8H11NO/c10-8-6-7-4-2-1-3-5-9(7)8/h1,3,7H,2,4-6H2/t7-/m0/s1. The predicted octanol–water partition coefficient (Wildman–Crippen LogP) is 0.937. The molecule has 2 rings (SSSR count). The predicted molar refractivity (Wildman–Crippen MR) is 38.5 cm³/mol. The number of amides is 1. The van der Waals surface area contributed by atoms with E-state index in [1.165, 1.54) is 6.42 Å². The van der Waals surface area contributed by atoms with Crippen molar-refractivity contribution in [1.82, 2.24) is 4.90 Å². The molecule has 0 bridgehead atoms. The third-order valence-corrected chi connectivity index (χ3v) is 2.31. The minimum atomic E-state index is 0.330. The zero-order valence-corrected chi connectivity index (χ0v) is 5.92. The SMILES string of the molecule is O=C1C[C@@H]2CCC=CCN12. The summed E-state index contributed by atoms with van der Waals surface area (Å²) in [6.07, 6.45) is 7.38. The van der Waals surface area contributed by atoms with Crippen LogP contribution in [0.3, 0.4) is 0 Å². The van der Waals surface area contributed by atoms with E-state index in [0.29, 0.717) is 11.9 Å². The van der Waals surface area contributed by atoms with Crippen LogP contribution < -0.4 is 0 Å². The number of carbonyl (C=O) groups is 1. The maximum Gasteiger partial charge on any atom is 0.225 e. The van der Waals surface area contributed by atoms with Crippen LogP contribution in [-0.4, -0.2) is 23.4 Å². The Kier molecular flexibility index (Phi) is 1.26. The van der Waals surface area contributed by atoms with Crippen LogP contribution in [0.4, 0.5) is 0 Å². The number of fused-ring (bicyclic) bond motifs is 1. The molecule has 0 aliphatic carbocycles. The molecule has 0 N–H and O–H groups in total. The van der Waals surface area contributed by atoms with Gasteiger partial charge >= 0.3 is 0 Å². The van der Waals surface area contributed by atoms with Crippen LogP contribution >= 0.6 is 0 Å². The van der Waals surface area contributed by atoms with Gasteiger partial charge in [0, 0.05) is 19.0 Å². The highest BCUT2D eigenvalue weighted by Crippen LogP contribution is 2.25. The molecule has 2 aliphatic heterocycles. The minimum absolute atomic E-state index is 0.330. The molecule has 0 radical (unpaired) electrons. The normalized spacial score (nSPS) is 31.0. The van der Waals surface area contributed by atoms with Gasteiger partial charge in [0.15, 0.2) is 0 Å². The second-order valence-corrected chi connectivity index (χ2v) is 2.95. The highest BCUT2D eigenvalue weighted by molar-refractivity contribution is 5.83. The molecule has 1 amide bonds. The Morgan fingerprint density at radius 1 is 1.50 bits per heavy atom. The second-order valence-electron chi connectivity index (χ2n) is 2.95. The van der Waals surface area contributed by atoms with Crippen molar-refractivity contribution < 1.29 is 4.79 Å².